The van der Waals surface area contributed by atoms with Gasteiger partial charge in [-0.15, -0.1) is 0 Å². The standard InChI is InChI=1S/C60H40N2/c1-2-15-41(16-3-1)50-21-6-10-25-57(50)61(48-19-14-18-45(39-48)46-30-29-44-34-37-52-49-20-5-4-17-42(49)33-38-53(52)56(44)40-46)47-35-31-43(32-36-47)51-22-7-11-26-58(51)62-59-27-12-8-23-54(59)55-24-9-13-28-60(55)62/h1-40H. The van der Waals surface area contributed by atoms with Gasteiger partial charge >= 0.3 is 0 Å². The lowest BCUT2D eigenvalue weighted by molar-refractivity contribution is 1.18. The lowest BCUT2D eigenvalue weighted by Crippen LogP contribution is -2.11. The highest BCUT2D eigenvalue weighted by molar-refractivity contribution is 6.18. The molecular weight excluding hydrogens is 749 g/mol. The van der Waals surface area contributed by atoms with Crippen LogP contribution in [0, 0.1) is 0 Å². The van der Waals surface area contributed by atoms with Gasteiger partial charge in [0.1, 0.15) is 0 Å². The van der Waals surface area contributed by atoms with Crippen LogP contribution in [0.5, 0.6) is 0 Å². The number of hydrogen-bond acceptors (Lipinski definition) is 1. The fraction of sp³-hybridized carbons (Fsp3) is 0. The minimum absolute atomic E-state index is 1.08. The minimum atomic E-state index is 1.08. The number of nitrogens with zero attached hydrogens (tertiary/aromatic N) is 2. The molecule has 0 aliphatic carbocycles. The summed E-state index contributed by atoms with van der Waals surface area (Å²) in [4.78, 5) is 2.41. The first kappa shape index (κ1) is 35.7. The zero-order valence-electron chi connectivity index (χ0n) is 34.0. The van der Waals surface area contributed by atoms with Crippen molar-refractivity contribution in [2.75, 3.05) is 4.90 Å². The topological polar surface area (TPSA) is 8.17 Å². The summed E-state index contributed by atoms with van der Waals surface area (Å²) in [6, 6.07) is 88.5. The lowest BCUT2D eigenvalue weighted by atomic mass is 9.94. The van der Waals surface area contributed by atoms with Crippen molar-refractivity contribution >= 4 is 71.2 Å². The molecule has 1 aromatic heterocycles. The van der Waals surface area contributed by atoms with Gasteiger partial charge in [0.25, 0.3) is 0 Å². The van der Waals surface area contributed by atoms with E-state index in [1.165, 1.54) is 81.9 Å². The van der Waals surface area contributed by atoms with E-state index in [4.69, 9.17) is 0 Å². The van der Waals surface area contributed by atoms with E-state index in [1.54, 1.807) is 0 Å². The molecule has 12 aromatic rings. The van der Waals surface area contributed by atoms with Crippen LogP contribution in [0.4, 0.5) is 17.1 Å². The van der Waals surface area contributed by atoms with Crippen LogP contribution < -0.4 is 4.90 Å². The Bertz CT molecular complexity index is 3580. The van der Waals surface area contributed by atoms with Gasteiger partial charge in [0.2, 0.25) is 0 Å². The molecule has 11 aromatic carbocycles. The highest BCUT2D eigenvalue weighted by Gasteiger charge is 2.20. The molecule has 0 saturated carbocycles. The Balaban J connectivity index is 0.998. The number of aromatic nitrogens is 1. The average molecular weight is 789 g/mol. The van der Waals surface area contributed by atoms with Crippen LogP contribution in [0.15, 0.2) is 243 Å². The van der Waals surface area contributed by atoms with Crippen molar-refractivity contribution in [3.8, 4) is 39.1 Å². The van der Waals surface area contributed by atoms with Crippen LogP contribution in [0.3, 0.4) is 0 Å². The van der Waals surface area contributed by atoms with Crippen LogP contribution >= 0.6 is 0 Å². The maximum Gasteiger partial charge on any atom is 0.0541 e. The monoisotopic (exact) mass is 788 g/mol. The first-order valence-corrected chi connectivity index (χ1v) is 21.3. The van der Waals surface area contributed by atoms with E-state index in [-0.39, 0.29) is 0 Å². The fourth-order valence-corrected chi connectivity index (χ4v) is 9.66. The molecule has 0 unspecified atom stereocenters. The summed E-state index contributed by atoms with van der Waals surface area (Å²) in [5, 5.41) is 10.1. The summed E-state index contributed by atoms with van der Waals surface area (Å²) in [6.45, 7) is 0. The molecule has 290 valence electrons. The second-order valence-electron chi connectivity index (χ2n) is 16.1. The Morgan fingerprint density at radius 1 is 0.274 bits per heavy atom. The Kier molecular flexibility index (Phi) is 8.53. The molecule has 0 saturated heterocycles. The molecule has 0 bridgehead atoms. The van der Waals surface area contributed by atoms with Gasteiger partial charge in [-0.25, -0.2) is 0 Å². The number of para-hydroxylation sites is 4. The predicted molar refractivity (Wildman–Crippen MR) is 264 cm³/mol. The lowest BCUT2D eigenvalue weighted by Gasteiger charge is -2.28. The third-order valence-corrected chi connectivity index (χ3v) is 12.6. The Hall–Kier alpha value is -8.20. The maximum atomic E-state index is 2.42. The second kappa shape index (κ2) is 14.8. The average Bonchev–Trinajstić information content (AvgIpc) is 3.69. The van der Waals surface area contributed by atoms with Gasteiger partial charge in [0.05, 0.1) is 22.4 Å². The number of anilines is 3. The summed E-state index contributed by atoms with van der Waals surface area (Å²) in [7, 11) is 0. The van der Waals surface area contributed by atoms with Crippen molar-refractivity contribution in [2.45, 2.75) is 0 Å². The van der Waals surface area contributed by atoms with E-state index in [1.807, 2.05) is 0 Å². The van der Waals surface area contributed by atoms with E-state index >= 15 is 0 Å². The normalized spacial score (nSPS) is 11.5. The van der Waals surface area contributed by atoms with Crippen molar-refractivity contribution in [3.63, 3.8) is 0 Å². The molecule has 0 fully saturated rings. The molecule has 0 amide bonds. The summed E-state index contributed by atoms with van der Waals surface area (Å²) in [5.41, 5.74) is 13.9. The first-order valence-electron chi connectivity index (χ1n) is 21.3. The minimum Gasteiger partial charge on any atom is -0.310 e. The van der Waals surface area contributed by atoms with Gasteiger partial charge < -0.3 is 9.47 Å². The van der Waals surface area contributed by atoms with Crippen LogP contribution in [0.2, 0.25) is 0 Å². The summed E-state index contributed by atoms with van der Waals surface area (Å²) in [5.74, 6) is 0. The zero-order valence-corrected chi connectivity index (χ0v) is 34.0. The van der Waals surface area contributed by atoms with Gasteiger partial charge in [-0.3, -0.25) is 0 Å². The third kappa shape index (κ3) is 5.96. The predicted octanol–water partition coefficient (Wildman–Crippen LogP) is 16.7. The molecule has 0 radical (unpaired) electrons. The van der Waals surface area contributed by atoms with Gasteiger partial charge in [-0.2, -0.15) is 0 Å². The van der Waals surface area contributed by atoms with E-state index in [2.05, 4.69) is 252 Å². The van der Waals surface area contributed by atoms with Crippen LogP contribution in [-0.2, 0) is 0 Å². The molecular formula is C60H40N2. The molecule has 0 atom stereocenters. The Labute approximate surface area is 360 Å². The van der Waals surface area contributed by atoms with Crippen LogP contribution in [0.1, 0.15) is 0 Å². The fourth-order valence-electron chi connectivity index (χ4n) is 9.66. The summed E-state index contributed by atoms with van der Waals surface area (Å²) >= 11 is 0. The van der Waals surface area contributed by atoms with Crippen LogP contribution in [0.25, 0.3) is 93.2 Å². The van der Waals surface area contributed by atoms with Gasteiger partial charge in [-0.1, -0.05) is 188 Å². The van der Waals surface area contributed by atoms with Gasteiger partial charge in [0.15, 0.2) is 0 Å². The maximum absolute atomic E-state index is 2.42. The molecule has 2 heteroatoms. The van der Waals surface area contributed by atoms with E-state index in [9.17, 15) is 0 Å². The van der Waals surface area contributed by atoms with Crippen molar-refractivity contribution in [1.29, 1.82) is 0 Å². The largest absolute Gasteiger partial charge is 0.310 e. The molecule has 1 heterocycles. The summed E-state index contributed by atoms with van der Waals surface area (Å²) < 4.78 is 2.42. The molecule has 0 N–H and O–H groups in total. The zero-order chi connectivity index (χ0) is 41.0. The van der Waals surface area contributed by atoms with Gasteiger partial charge in [-0.05, 0) is 109 Å². The molecule has 62 heavy (non-hydrogen) atoms. The molecule has 0 aliphatic heterocycles. The number of hydrogen-bond donors (Lipinski definition) is 0. The SMILES string of the molecule is c1ccc(-c2ccccc2N(c2ccc(-c3ccccc3-n3c4ccccc4c4ccccc43)cc2)c2cccc(-c3ccc4ccc5c6ccccc6ccc5c4c3)c2)cc1. The molecule has 12 rings (SSSR count). The number of fused-ring (bicyclic) bond motifs is 8. The highest BCUT2D eigenvalue weighted by atomic mass is 15.1. The van der Waals surface area contributed by atoms with Crippen molar-refractivity contribution in [2.24, 2.45) is 0 Å². The number of benzene rings is 11. The Morgan fingerprint density at radius 3 is 1.58 bits per heavy atom. The van der Waals surface area contributed by atoms with Crippen molar-refractivity contribution < 1.29 is 0 Å². The smallest absolute Gasteiger partial charge is 0.0541 e. The molecule has 2 nitrogen and oxygen atoms in total. The van der Waals surface area contributed by atoms with E-state index < -0.39 is 0 Å². The van der Waals surface area contributed by atoms with E-state index in [0.717, 1.165) is 28.3 Å². The van der Waals surface area contributed by atoms with E-state index in [0.29, 0.717) is 0 Å². The quantitative estimate of drug-likeness (QED) is 0.146. The van der Waals surface area contributed by atoms with Crippen molar-refractivity contribution in [1.82, 2.24) is 4.57 Å². The number of rotatable bonds is 7. The highest BCUT2D eigenvalue weighted by Crippen LogP contribution is 2.44. The summed E-state index contributed by atoms with van der Waals surface area (Å²) in [6.07, 6.45) is 0. The Morgan fingerprint density at radius 2 is 0.806 bits per heavy atom. The first-order chi connectivity index (χ1) is 30.8. The van der Waals surface area contributed by atoms with Gasteiger partial charge in [0, 0.05) is 33.3 Å². The molecule has 0 aliphatic rings. The second-order valence-corrected chi connectivity index (χ2v) is 16.1. The molecule has 0 spiro atoms. The van der Waals surface area contributed by atoms with Crippen molar-refractivity contribution in [3.05, 3.63) is 243 Å². The third-order valence-electron chi connectivity index (χ3n) is 12.6. The van der Waals surface area contributed by atoms with Crippen LogP contribution in [-0.4, -0.2) is 4.57 Å².